The lowest BCUT2D eigenvalue weighted by Gasteiger charge is -1.99. The highest BCUT2D eigenvalue weighted by atomic mass is 16.5. The molecule has 0 amide bonds. The average molecular weight is 132 g/mol. The van der Waals surface area contributed by atoms with E-state index in [0.29, 0.717) is 26.4 Å². The van der Waals surface area contributed by atoms with Crippen molar-refractivity contribution in [1.82, 2.24) is 0 Å². The Morgan fingerprint density at radius 2 is 2.00 bits per heavy atom. The topological polar surface area (TPSA) is 44.5 Å². The van der Waals surface area contributed by atoms with Gasteiger partial charge in [-0.05, 0) is 6.42 Å². The molecule has 1 radical (unpaired) electrons. The molecule has 0 spiro atoms. The zero-order valence-electron chi connectivity index (χ0n) is 5.64. The van der Waals surface area contributed by atoms with E-state index in [4.69, 9.17) is 10.5 Å². The van der Waals surface area contributed by atoms with Gasteiger partial charge in [0.25, 0.3) is 0 Å². The lowest BCUT2D eigenvalue weighted by Crippen LogP contribution is -2.09. The highest BCUT2D eigenvalue weighted by molar-refractivity contribution is 4.34. The van der Waals surface area contributed by atoms with Gasteiger partial charge in [0.2, 0.25) is 0 Å². The van der Waals surface area contributed by atoms with Gasteiger partial charge in [0, 0.05) is 19.8 Å². The van der Waals surface area contributed by atoms with Gasteiger partial charge < -0.3 is 15.2 Å². The Hall–Kier alpha value is -0.120. The number of nitrogens with two attached hydrogens (primary N) is 1. The molecule has 3 heteroatoms. The normalized spacial score (nSPS) is 10.0. The molecule has 0 aliphatic heterocycles. The predicted octanol–water partition coefficient (Wildman–Crippen LogP) is 0.160. The van der Waals surface area contributed by atoms with Crippen molar-refractivity contribution in [1.29, 1.82) is 0 Å². The van der Waals surface area contributed by atoms with Crippen LogP contribution in [0.25, 0.3) is 0 Å². The second-order valence-electron chi connectivity index (χ2n) is 1.66. The lowest BCUT2D eigenvalue weighted by atomic mass is 10.5. The third kappa shape index (κ3) is 7.88. The molecule has 0 unspecified atom stereocenters. The SMILES string of the molecule is [CH2]OCCCOCCN. The highest BCUT2D eigenvalue weighted by Gasteiger charge is 1.84. The fraction of sp³-hybridized carbons (Fsp3) is 0.833. The number of hydrogen-bond donors (Lipinski definition) is 1. The van der Waals surface area contributed by atoms with E-state index in [-0.39, 0.29) is 0 Å². The molecule has 0 aliphatic rings. The molecular formula is C6H14NO2. The first-order valence-corrected chi connectivity index (χ1v) is 3.06. The molecular weight excluding hydrogens is 118 g/mol. The second-order valence-corrected chi connectivity index (χ2v) is 1.66. The fourth-order valence-electron chi connectivity index (χ4n) is 0.448. The molecule has 0 aromatic carbocycles. The van der Waals surface area contributed by atoms with E-state index in [0.717, 1.165) is 6.42 Å². The Bertz CT molecular complexity index is 44.3. The third-order valence-electron chi connectivity index (χ3n) is 0.840. The number of ether oxygens (including phenoxy) is 2. The van der Waals surface area contributed by atoms with Crippen LogP contribution in [0.5, 0.6) is 0 Å². The van der Waals surface area contributed by atoms with E-state index in [1.807, 2.05) is 0 Å². The average Bonchev–Trinajstić information content (AvgIpc) is 1.89. The summed E-state index contributed by atoms with van der Waals surface area (Å²) in [7, 11) is 3.22. The van der Waals surface area contributed by atoms with Crippen LogP contribution in [0.15, 0.2) is 0 Å². The van der Waals surface area contributed by atoms with Crippen molar-refractivity contribution in [3.05, 3.63) is 7.11 Å². The van der Waals surface area contributed by atoms with Crippen LogP contribution in [-0.4, -0.2) is 26.4 Å². The van der Waals surface area contributed by atoms with Crippen LogP contribution in [0.4, 0.5) is 0 Å². The Balaban J connectivity index is 2.60. The summed E-state index contributed by atoms with van der Waals surface area (Å²) in [6, 6.07) is 0. The van der Waals surface area contributed by atoms with Crippen LogP contribution in [0.3, 0.4) is 0 Å². The largest absolute Gasteiger partial charge is 0.380 e. The standard InChI is InChI=1S/C6H14NO2/c1-8-4-2-5-9-6-3-7/h1-7H2. The van der Waals surface area contributed by atoms with Crippen molar-refractivity contribution < 1.29 is 9.47 Å². The van der Waals surface area contributed by atoms with Crippen LogP contribution in [-0.2, 0) is 9.47 Å². The van der Waals surface area contributed by atoms with Gasteiger partial charge >= 0.3 is 0 Å². The molecule has 0 heterocycles. The summed E-state index contributed by atoms with van der Waals surface area (Å²) in [6.45, 7) is 2.60. The lowest BCUT2D eigenvalue weighted by molar-refractivity contribution is 0.116. The summed E-state index contributed by atoms with van der Waals surface area (Å²) in [5.41, 5.74) is 5.17. The van der Waals surface area contributed by atoms with Gasteiger partial charge in [0.05, 0.1) is 13.7 Å². The Labute approximate surface area is 56.1 Å². The van der Waals surface area contributed by atoms with Gasteiger partial charge in [-0.15, -0.1) is 0 Å². The molecule has 0 aromatic heterocycles. The van der Waals surface area contributed by atoms with Gasteiger partial charge in [-0.25, -0.2) is 0 Å². The molecule has 9 heavy (non-hydrogen) atoms. The minimum absolute atomic E-state index is 0.589. The highest BCUT2D eigenvalue weighted by Crippen LogP contribution is 1.81. The number of hydrogen-bond acceptors (Lipinski definition) is 3. The van der Waals surface area contributed by atoms with Gasteiger partial charge in [0.15, 0.2) is 0 Å². The first-order chi connectivity index (χ1) is 4.41. The van der Waals surface area contributed by atoms with Crippen LogP contribution in [0.2, 0.25) is 0 Å². The van der Waals surface area contributed by atoms with Crippen LogP contribution in [0, 0.1) is 7.11 Å². The summed E-state index contributed by atoms with van der Waals surface area (Å²) in [5, 5.41) is 0. The van der Waals surface area contributed by atoms with Crippen molar-refractivity contribution >= 4 is 0 Å². The van der Waals surface area contributed by atoms with Crippen molar-refractivity contribution in [2.75, 3.05) is 26.4 Å². The van der Waals surface area contributed by atoms with Crippen molar-refractivity contribution in [2.45, 2.75) is 6.42 Å². The predicted molar refractivity (Wildman–Crippen MR) is 35.8 cm³/mol. The van der Waals surface area contributed by atoms with E-state index in [1.54, 1.807) is 0 Å². The molecule has 0 fully saturated rings. The maximum Gasteiger partial charge on any atom is 0.0700 e. The summed E-state index contributed by atoms with van der Waals surface area (Å²) >= 11 is 0. The number of rotatable bonds is 6. The molecule has 0 aromatic rings. The maximum absolute atomic E-state index is 5.17. The first kappa shape index (κ1) is 8.88. The molecule has 0 saturated carbocycles. The van der Waals surface area contributed by atoms with E-state index in [9.17, 15) is 0 Å². The smallest absolute Gasteiger partial charge is 0.0700 e. The Morgan fingerprint density at radius 1 is 1.22 bits per heavy atom. The second kappa shape index (κ2) is 7.88. The molecule has 2 N–H and O–H groups in total. The van der Waals surface area contributed by atoms with Gasteiger partial charge in [0.1, 0.15) is 0 Å². The van der Waals surface area contributed by atoms with Crippen molar-refractivity contribution in [2.24, 2.45) is 5.73 Å². The summed E-state index contributed by atoms with van der Waals surface area (Å²) in [5.74, 6) is 0. The molecule has 0 saturated heterocycles. The molecule has 55 valence electrons. The van der Waals surface area contributed by atoms with Crippen molar-refractivity contribution in [3.8, 4) is 0 Å². The molecule has 0 atom stereocenters. The Morgan fingerprint density at radius 3 is 2.56 bits per heavy atom. The van der Waals surface area contributed by atoms with Gasteiger partial charge in [-0.3, -0.25) is 0 Å². The van der Waals surface area contributed by atoms with Gasteiger partial charge in [-0.2, -0.15) is 0 Å². The summed E-state index contributed by atoms with van der Waals surface area (Å²) in [6.07, 6.45) is 0.892. The van der Waals surface area contributed by atoms with Crippen LogP contribution in [0.1, 0.15) is 6.42 Å². The van der Waals surface area contributed by atoms with Crippen LogP contribution < -0.4 is 5.73 Å². The quantitative estimate of drug-likeness (QED) is 0.523. The third-order valence-corrected chi connectivity index (χ3v) is 0.840. The fourth-order valence-corrected chi connectivity index (χ4v) is 0.448. The van der Waals surface area contributed by atoms with Crippen LogP contribution >= 0.6 is 0 Å². The van der Waals surface area contributed by atoms with E-state index >= 15 is 0 Å². The Kier molecular flexibility index (Phi) is 7.77. The van der Waals surface area contributed by atoms with E-state index in [1.165, 1.54) is 0 Å². The maximum atomic E-state index is 5.17. The monoisotopic (exact) mass is 132 g/mol. The minimum Gasteiger partial charge on any atom is -0.380 e. The van der Waals surface area contributed by atoms with Crippen molar-refractivity contribution in [3.63, 3.8) is 0 Å². The molecule has 0 aliphatic carbocycles. The zero-order chi connectivity index (χ0) is 6.95. The molecule has 3 nitrogen and oxygen atoms in total. The van der Waals surface area contributed by atoms with Gasteiger partial charge in [-0.1, -0.05) is 0 Å². The zero-order valence-corrected chi connectivity index (χ0v) is 5.64. The first-order valence-electron chi connectivity index (χ1n) is 3.06. The summed E-state index contributed by atoms with van der Waals surface area (Å²) < 4.78 is 9.61. The molecule has 0 bridgehead atoms. The molecule has 0 rings (SSSR count). The minimum atomic E-state index is 0.589. The van der Waals surface area contributed by atoms with E-state index in [2.05, 4.69) is 11.8 Å². The van der Waals surface area contributed by atoms with E-state index < -0.39 is 0 Å². The summed E-state index contributed by atoms with van der Waals surface area (Å²) in [4.78, 5) is 0.